The van der Waals surface area contributed by atoms with Gasteiger partial charge in [-0.25, -0.2) is 4.79 Å². The molecular formula is C15H12BrNO2. The second-order valence-corrected chi connectivity index (χ2v) is 4.73. The summed E-state index contributed by atoms with van der Waals surface area (Å²) in [6.07, 6.45) is 5.35. The van der Waals surface area contributed by atoms with Crippen molar-refractivity contribution in [3.8, 4) is 0 Å². The van der Waals surface area contributed by atoms with Crippen molar-refractivity contribution in [2.45, 2.75) is 0 Å². The molecule has 0 N–H and O–H groups in total. The van der Waals surface area contributed by atoms with E-state index >= 15 is 0 Å². The van der Waals surface area contributed by atoms with E-state index in [0.29, 0.717) is 11.3 Å². The Bertz CT molecular complexity index is 606. The number of benzene rings is 1. The highest BCUT2D eigenvalue weighted by Gasteiger charge is 2.09. The number of carbonyl (C=O) groups is 1. The minimum absolute atomic E-state index is 0.386. The molecule has 0 saturated carbocycles. The van der Waals surface area contributed by atoms with Gasteiger partial charge in [-0.1, -0.05) is 34.1 Å². The molecule has 0 aliphatic heterocycles. The molecule has 1 aromatic carbocycles. The SMILES string of the molecule is COC(=O)c1cccnc1C=Cc1ccc(Br)cc1. The van der Waals surface area contributed by atoms with Crippen LogP contribution in [0.3, 0.4) is 0 Å². The number of aromatic nitrogens is 1. The molecule has 4 heteroatoms. The third kappa shape index (κ3) is 3.51. The van der Waals surface area contributed by atoms with Crippen LogP contribution in [0.4, 0.5) is 0 Å². The molecule has 0 unspecified atom stereocenters. The Balaban J connectivity index is 2.28. The predicted molar refractivity (Wildman–Crippen MR) is 78.6 cm³/mol. The molecule has 1 heterocycles. The minimum atomic E-state index is -0.386. The number of rotatable bonds is 3. The maximum Gasteiger partial charge on any atom is 0.340 e. The first-order valence-corrected chi connectivity index (χ1v) is 6.47. The van der Waals surface area contributed by atoms with Gasteiger partial charge < -0.3 is 4.74 Å². The number of methoxy groups -OCH3 is 1. The first-order valence-electron chi connectivity index (χ1n) is 5.67. The number of hydrogen-bond donors (Lipinski definition) is 0. The summed E-state index contributed by atoms with van der Waals surface area (Å²) >= 11 is 3.38. The number of carbonyl (C=O) groups excluding carboxylic acids is 1. The van der Waals surface area contributed by atoms with E-state index in [9.17, 15) is 4.79 Å². The van der Waals surface area contributed by atoms with Gasteiger partial charge in [-0.15, -0.1) is 0 Å². The lowest BCUT2D eigenvalue weighted by Gasteiger charge is -2.02. The van der Waals surface area contributed by atoms with Crippen LogP contribution in [0.1, 0.15) is 21.6 Å². The fourth-order valence-corrected chi connectivity index (χ4v) is 1.85. The predicted octanol–water partition coefficient (Wildman–Crippen LogP) is 3.80. The van der Waals surface area contributed by atoms with Gasteiger partial charge in [0, 0.05) is 10.7 Å². The van der Waals surface area contributed by atoms with Gasteiger partial charge in [0.05, 0.1) is 18.4 Å². The van der Waals surface area contributed by atoms with Crippen molar-refractivity contribution in [1.29, 1.82) is 0 Å². The van der Waals surface area contributed by atoms with Crippen LogP contribution in [0.2, 0.25) is 0 Å². The lowest BCUT2D eigenvalue weighted by molar-refractivity contribution is 0.0600. The molecule has 19 heavy (non-hydrogen) atoms. The molecule has 0 atom stereocenters. The third-order valence-electron chi connectivity index (χ3n) is 2.55. The molecule has 96 valence electrons. The van der Waals surface area contributed by atoms with E-state index in [2.05, 4.69) is 20.9 Å². The minimum Gasteiger partial charge on any atom is -0.465 e. The lowest BCUT2D eigenvalue weighted by Crippen LogP contribution is -2.04. The van der Waals surface area contributed by atoms with E-state index in [0.717, 1.165) is 10.0 Å². The maximum atomic E-state index is 11.6. The van der Waals surface area contributed by atoms with Gasteiger partial charge in [-0.2, -0.15) is 0 Å². The quantitative estimate of drug-likeness (QED) is 0.808. The van der Waals surface area contributed by atoms with Crippen LogP contribution in [0.25, 0.3) is 12.2 Å². The largest absolute Gasteiger partial charge is 0.465 e. The highest BCUT2D eigenvalue weighted by molar-refractivity contribution is 9.10. The Hall–Kier alpha value is -1.94. The third-order valence-corrected chi connectivity index (χ3v) is 3.08. The molecule has 0 amide bonds. The summed E-state index contributed by atoms with van der Waals surface area (Å²) in [5, 5.41) is 0. The number of halogens is 1. The molecule has 2 rings (SSSR count). The van der Waals surface area contributed by atoms with E-state index in [1.165, 1.54) is 7.11 Å². The van der Waals surface area contributed by atoms with Crippen LogP contribution in [-0.2, 0) is 4.74 Å². The van der Waals surface area contributed by atoms with Crippen LogP contribution >= 0.6 is 15.9 Å². The summed E-state index contributed by atoms with van der Waals surface area (Å²) in [4.78, 5) is 15.8. The van der Waals surface area contributed by atoms with Crippen molar-refractivity contribution in [2.24, 2.45) is 0 Å². The van der Waals surface area contributed by atoms with Gasteiger partial charge in [-0.05, 0) is 35.9 Å². The molecule has 2 aromatic rings. The highest BCUT2D eigenvalue weighted by Crippen LogP contribution is 2.14. The zero-order valence-electron chi connectivity index (χ0n) is 10.3. The van der Waals surface area contributed by atoms with Gasteiger partial charge in [-0.3, -0.25) is 4.98 Å². The van der Waals surface area contributed by atoms with Gasteiger partial charge in [0.1, 0.15) is 0 Å². The summed E-state index contributed by atoms with van der Waals surface area (Å²) in [6, 6.07) is 11.3. The number of nitrogens with zero attached hydrogens (tertiary/aromatic N) is 1. The molecule has 0 aliphatic carbocycles. The van der Waals surface area contributed by atoms with Gasteiger partial charge >= 0.3 is 5.97 Å². The number of ether oxygens (including phenoxy) is 1. The van der Waals surface area contributed by atoms with Crippen molar-refractivity contribution >= 4 is 34.1 Å². The van der Waals surface area contributed by atoms with E-state index < -0.39 is 0 Å². The second-order valence-electron chi connectivity index (χ2n) is 3.81. The molecule has 1 aromatic heterocycles. The molecule has 0 fully saturated rings. The average Bonchev–Trinajstić information content (AvgIpc) is 2.46. The number of hydrogen-bond acceptors (Lipinski definition) is 3. The van der Waals surface area contributed by atoms with Crippen molar-refractivity contribution < 1.29 is 9.53 Å². The Morgan fingerprint density at radius 2 is 1.95 bits per heavy atom. The Morgan fingerprint density at radius 3 is 2.63 bits per heavy atom. The Morgan fingerprint density at radius 1 is 1.21 bits per heavy atom. The second kappa shape index (κ2) is 6.29. The highest BCUT2D eigenvalue weighted by atomic mass is 79.9. The van der Waals surface area contributed by atoms with Gasteiger partial charge in [0.2, 0.25) is 0 Å². The average molecular weight is 318 g/mol. The zero-order valence-corrected chi connectivity index (χ0v) is 11.9. The van der Waals surface area contributed by atoms with Crippen molar-refractivity contribution in [1.82, 2.24) is 4.98 Å². The normalized spacial score (nSPS) is 10.6. The Labute approximate surface area is 120 Å². The summed E-state index contributed by atoms with van der Waals surface area (Å²) in [6.45, 7) is 0. The van der Waals surface area contributed by atoms with Crippen LogP contribution in [0.15, 0.2) is 47.1 Å². The number of pyridine rings is 1. The van der Waals surface area contributed by atoms with E-state index in [-0.39, 0.29) is 5.97 Å². The summed E-state index contributed by atoms with van der Waals surface area (Å²) in [7, 11) is 1.36. The lowest BCUT2D eigenvalue weighted by atomic mass is 10.1. The Kier molecular flexibility index (Phi) is 4.47. The molecule has 0 saturated heterocycles. The topological polar surface area (TPSA) is 39.2 Å². The molecule has 0 radical (unpaired) electrons. The van der Waals surface area contributed by atoms with Crippen LogP contribution in [-0.4, -0.2) is 18.1 Å². The molecule has 0 bridgehead atoms. The number of esters is 1. The fourth-order valence-electron chi connectivity index (χ4n) is 1.58. The maximum absolute atomic E-state index is 11.6. The van der Waals surface area contributed by atoms with Crippen molar-refractivity contribution in [3.63, 3.8) is 0 Å². The molecule has 3 nitrogen and oxygen atoms in total. The summed E-state index contributed by atoms with van der Waals surface area (Å²) in [5.74, 6) is -0.386. The van der Waals surface area contributed by atoms with Crippen LogP contribution < -0.4 is 0 Å². The van der Waals surface area contributed by atoms with E-state index in [1.807, 2.05) is 30.3 Å². The zero-order chi connectivity index (χ0) is 13.7. The standard InChI is InChI=1S/C15H12BrNO2/c1-19-15(18)13-3-2-10-17-14(13)9-6-11-4-7-12(16)8-5-11/h2-10H,1H3. The summed E-state index contributed by atoms with van der Waals surface area (Å²) in [5.41, 5.74) is 2.08. The van der Waals surface area contributed by atoms with Crippen LogP contribution in [0, 0.1) is 0 Å². The first kappa shape index (κ1) is 13.5. The van der Waals surface area contributed by atoms with E-state index in [1.54, 1.807) is 24.4 Å². The molecule has 0 aliphatic rings. The molecule has 0 spiro atoms. The molecular weight excluding hydrogens is 306 g/mol. The van der Waals surface area contributed by atoms with E-state index in [4.69, 9.17) is 4.74 Å². The van der Waals surface area contributed by atoms with Crippen molar-refractivity contribution in [2.75, 3.05) is 7.11 Å². The van der Waals surface area contributed by atoms with Gasteiger partial charge in [0.25, 0.3) is 0 Å². The smallest absolute Gasteiger partial charge is 0.340 e. The summed E-state index contributed by atoms with van der Waals surface area (Å²) < 4.78 is 5.75. The monoisotopic (exact) mass is 317 g/mol. The van der Waals surface area contributed by atoms with Crippen molar-refractivity contribution in [3.05, 3.63) is 63.9 Å². The van der Waals surface area contributed by atoms with Gasteiger partial charge in [0.15, 0.2) is 0 Å². The fraction of sp³-hybridized carbons (Fsp3) is 0.0667. The van der Waals surface area contributed by atoms with Crippen LogP contribution in [0.5, 0.6) is 0 Å². The first-order chi connectivity index (χ1) is 9.20.